The van der Waals surface area contributed by atoms with Crippen LogP contribution in [0.15, 0.2) is 146 Å². The van der Waals surface area contributed by atoms with Gasteiger partial charge in [-0.3, -0.25) is 0 Å². The lowest BCUT2D eigenvalue weighted by atomic mass is 9.76. The third-order valence-electron chi connectivity index (χ3n) is 8.35. The molecule has 0 aliphatic carbocycles. The van der Waals surface area contributed by atoms with Gasteiger partial charge in [0.2, 0.25) is 0 Å². The fourth-order valence-electron chi connectivity index (χ4n) is 6.10. The zero-order chi connectivity index (χ0) is 30.3. The molecule has 7 rings (SSSR count). The third kappa shape index (κ3) is 5.07. The Bertz CT molecular complexity index is 1780. The van der Waals surface area contributed by atoms with Crippen LogP contribution in [0.2, 0.25) is 0 Å². The molecule has 6 aromatic carbocycles. The average molecular weight is 609 g/mol. The van der Waals surface area contributed by atoms with Crippen molar-refractivity contribution in [2.45, 2.75) is 19.3 Å². The van der Waals surface area contributed by atoms with E-state index in [0.717, 1.165) is 22.9 Å². The second-order valence-electron chi connectivity index (χ2n) is 11.6. The minimum atomic E-state index is -0.909. The smallest absolute Gasteiger partial charge is 0.139 e. The molecule has 2 atom stereocenters. The van der Waals surface area contributed by atoms with Gasteiger partial charge in [0.25, 0.3) is 0 Å². The highest BCUT2D eigenvalue weighted by atomic mass is 31.1. The fraction of sp³-hybridized carbons (Fsp3) is 0.0769. The molecule has 6 aromatic rings. The number of hydrogen-bond acceptors (Lipinski definition) is 3. The minimum Gasteiger partial charge on any atom is -0.455 e. The van der Waals surface area contributed by atoms with Gasteiger partial charge in [0.15, 0.2) is 0 Å². The van der Waals surface area contributed by atoms with Gasteiger partial charge in [-0.15, -0.1) is 0 Å². The number of para-hydroxylation sites is 2. The highest BCUT2D eigenvalue weighted by Crippen LogP contribution is 2.52. The molecule has 216 valence electrons. The lowest BCUT2D eigenvalue weighted by Crippen LogP contribution is -2.32. The molecular weight excluding hydrogens is 574 g/mol. The fourth-order valence-corrected chi connectivity index (χ4v) is 10.9. The molecule has 0 saturated heterocycles. The van der Waals surface area contributed by atoms with Gasteiger partial charge in [-0.05, 0) is 61.3 Å². The number of fused-ring (bicyclic) bond motifs is 2. The summed E-state index contributed by atoms with van der Waals surface area (Å²) in [6, 6.07) is 51.5. The van der Waals surface area contributed by atoms with Crippen molar-refractivity contribution in [2.75, 3.05) is 11.5 Å². The Hall–Kier alpha value is -4.42. The maximum absolute atomic E-state index is 7.25. The van der Waals surface area contributed by atoms with Crippen molar-refractivity contribution in [3.05, 3.63) is 157 Å². The molecule has 0 amide bonds. The summed E-state index contributed by atoms with van der Waals surface area (Å²) in [4.78, 5) is 0. The largest absolute Gasteiger partial charge is 0.455 e. The van der Waals surface area contributed by atoms with Crippen molar-refractivity contribution < 1.29 is 4.74 Å². The van der Waals surface area contributed by atoms with Crippen LogP contribution in [-0.4, -0.2) is 0 Å². The van der Waals surface area contributed by atoms with Crippen molar-refractivity contribution >= 4 is 59.0 Å². The summed E-state index contributed by atoms with van der Waals surface area (Å²) >= 11 is 0. The molecule has 0 radical (unpaired) electrons. The Labute approximate surface area is 262 Å². The van der Waals surface area contributed by atoms with E-state index in [0.29, 0.717) is 0 Å². The maximum atomic E-state index is 7.25. The Morgan fingerprint density at radius 3 is 1.18 bits per heavy atom. The normalized spacial score (nSPS) is 14.5. The summed E-state index contributed by atoms with van der Waals surface area (Å²) in [5.41, 5.74) is 15.9. The van der Waals surface area contributed by atoms with Gasteiger partial charge in [0.1, 0.15) is 11.5 Å². The number of rotatable bonds is 6. The number of nitrogen functional groups attached to an aromatic ring is 2. The van der Waals surface area contributed by atoms with Crippen LogP contribution in [0, 0.1) is 0 Å². The van der Waals surface area contributed by atoms with Crippen LogP contribution in [0.1, 0.15) is 25.0 Å². The molecule has 0 spiro atoms. The van der Waals surface area contributed by atoms with E-state index in [1.54, 1.807) is 0 Å². The van der Waals surface area contributed by atoms with E-state index in [9.17, 15) is 0 Å². The van der Waals surface area contributed by atoms with Crippen molar-refractivity contribution in [3.8, 4) is 11.5 Å². The number of anilines is 2. The zero-order valence-corrected chi connectivity index (χ0v) is 26.6. The van der Waals surface area contributed by atoms with Gasteiger partial charge in [-0.25, -0.2) is 0 Å². The monoisotopic (exact) mass is 608 g/mol. The summed E-state index contributed by atoms with van der Waals surface area (Å²) in [7, 11) is -1.82. The molecule has 3 nitrogen and oxygen atoms in total. The van der Waals surface area contributed by atoms with E-state index in [-0.39, 0.29) is 5.41 Å². The Morgan fingerprint density at radius 2 is 0.795 bits per heavy atom. The molecule has 0 saturated carbocycles. The predicted octanol–water partition coefficient (Wildman–Crippen LogP) is 6.80. The van der Waals surface area contributed by atoms with Gasteiger partial charge in [0, 0.05) is 38.5 Å². The standard InChI is InChI=1S/C39H34N2OP2/c1-39(2)33-15-9-17-35(43(29-11-5-3-6-12-29)31-23-19-27(40)20-24-31)37(33)42-38-34(39)16-10-18-36(38)44(30-13-7-4-8-14-30)32-25-21-28(41)22-26-32/h3-26H,40-41H2,1-2H3. The first kappa shape index (κ1) is 28.4. The van der Waals surface area contributed by atoms with Crippen LogP contribution in [0.25, 0.3) is 0 Å². The van der Waals surface area contributed by atoms with Gasteiger partial charge in [0.05, 0.1) is 0 Å². The van der Waals surface area contributed by atoms with E-state index in [1.807, 2.05) is 24.3 Å². The molecule has 0 fully saturated rings. The molecule has 1 aliphatic rings. The topological polar surface area (TPSA) is 61.3 Å². The average Bonchev–Trinajstić information content (AvgIpc) is 3.05. The Kier molecular flexibility index (Phi) is 7.47. The van der Waals surface area contributed by atoms with Crippen LogP contribution in [-0.2, 0) is 5.41 Å². The van der Waals surface area contributed by atoms with Crippen molar-refractivity contribution in [2.24, 2.45) is 0 Å². The van der Waals surface area contributed by atoms with Crippen molar-refractivity contribution in [1.29, 1.82) is 0 Å². The highest BCUT2D eigenvalue weighted by molar-refractivity contribution is 7.80. The van der Waals surface area contributed by atoms with Crippen LogP contribution >= 0.6 is 15.8 Å². The molecule has 0 bridgehead atoms. The van der Waals surface area contributed by atoms with E-state index in [4.69, 9.17) is 16.2 Å². The number of hydrogen-bond donors (Lipinski definition) is 2. The molecule has 0 aromatic heterocycles. The van der Waals surface area contributed by atoms with Crippen molar-refractivity contribution in [1.82, 2.24) is 0 Å². The zero-order valence-electron chi connectivity index (χ0n) is 24.8. The minimum absolute atomic E-state index is 0.271. The summed E-state index contributed by atoms with van der Waals surface area (Å²) < 4.78 is 7.25. The molecule has 44 heavy (non-hydrogen) atoms. The quantitative estimate of drug-likeness (QED) is 0.162. The molecule has 1 aliphatic heterocycles. The van der Waals surface area contributed by atoms with Crippen LogP contribution in [0.4, 0.5) is 11.4 Å². The van der Waals surface area contributed by atoms with Crippen LogP contribution in [0.3, 0.4) is 0 Å². The molecule has 2 unspecified atom stereocenters. The molecule has 4 N–H and O–H groups in total. The number of ether oxygens (including phenoxy) is 1. The first-order valence-electron chi connectivity index (χ1n) is 14.8. The van der Waals surface area contributed by atoms with Crippen molar-refractivity contribution in [3.63, 3.8) is 0 Å². The first-order valence-corrected chi connectivity index (χ1v) is 17.5. The molecule has 5 heteroatoms. The summed E-state index contributed by atoms with van der Waals surface area (Å²) in [5.74, 6) is 1.93. The van der Waals surface area contributed by atoms with E-state index in [2.05, 4.69) is 135 Å². The van der Waals surface area contributed by atoms with E-state index in [1.165, 1.54) is 43.0 Å². The first-order chi connectivity index (χ1) is 21.4. The van der Waals surface area contributed by atoms with E-state index < -0.39 is 15.8 Å². The van der Waals surface area contributed by atoms with Crippen LogP contribution in [0.5, 0.6) is 11.5 Å². The number of nitrogens with two attached hydrogens (primary N) is 2. The van der Waals surface area contributed by atoms with E-state index >= 15 is 0 Å². The van der Waals surface area contributed by atoms with Crippen LogP contribution < -0.4 is 48.0 Å². The second-order valence-corrected chi connectivity index (χ2v) is 15.9. The molecular formula is C39H34N2OP2. The summed E-state index contributed by atoms with van der Waals surface area (Å²) in [6.45, 7) is 4.64. The third-order valence-corrected chi connectivity index (χ3v) is 13.3. The predicted molar refractivity (Wildman–Crippen MR) is 191 cm³/mol. The summed E-state index contributed by atoms with van der Waals surface area (Å²) in [6.07, 6.45) is 0. The van der Waals surface area contributed by atoms with Gasteiger partial charge < -0.3 is 16.2 Å². The SMILES string of the molecule is CC1(C)c2cccc(P(c3ccccc3)c3ccc(N)cc3)c2Oc2c(P(c3ccccc3)c3ccc(N)cc3)cccc21. The lowest BCUT2D eigenvalue weighted by Gasteiger charge is -2.38. The van der Waals surface area contributed by atoms with Gasteiger partial charge in [-0.1, -0.05) is 135 Å². The van der Waals surface area contributed by atoms with Gasteiger partial charge in [-0.2, -0.15) is 0 Å². The second kappa shape index (κ2) is 11.6. The van der Waals surface area contributed by atoms with Gasteiger partial charge >= 0.3 is 0 Å². The summed E-state index contributed by atoms with van der Waals surface area (Å²) in [5, 5.41) is 7.44. The highest BCUT2D eigenvalue weighted by Gasteiger charge is 2.39. The lowest BCUT2D eigenvalue weighted by molar-refractivity contribution is 0.425. The number of benzene rings is 6. The Balaban J connectivity index is 1.45. The molecule has 1 heterocycles. The Morgan fingerprint density at radius 1 is 0.432 bits per heavy atom. The maximum Gasteiger partial charge on any atom is 0.139 e.